The molecule has 0 radical (unpaired) electrons. The van der Waals surface area contributed by atoms with Crippen molar-refractivity contribution in [3.63, 3.8) is 0 Å². The molecule has 1 saturated heterocycles. The van der Waals surface area contributed by atoms with Gasteiger partial charge in [0.2, 0.25) is 5.91 Å². The lowest BCUT2D eigenvalue weighted by molar-refractivity contribution is -0.132. The fourth-order valence-corrected chi connectivity index (χ4v) is 2.86. The average molecular weight is 252 g/mol. The molecule has 2 heterocycles. The second-order valence-corrected chi connectivity index (χ2v) is 5.23. The molecule has 1 amide bonds. The van der Waals surface area contributed by atoms with E-state index in [9.17, 15) is 4.79 Å². The van der Waals surface area contributed by atoms with Crippen LogP contribution in [0.4, 0.5) is 0 Å². The Morgan fingerprint density at radius 2 is 2.12 bits per heavy atom. The summed E-state index contributed by atoms with van der Waals surface area (Å²) in [6.07, 6.45) is 1.54. The Bertz CT molecular complexity index is 342. The van der Waals surface area contributed by atoms with E-state index in [1.165, 1.54) is 5.56 Å². The molecule has 0 atom stereocenters. The minimum Gasteiger partial charge on any atom is -0.340 e. The van der Waals surface area contributed by atoms with E-state index >= 15 is 0 Å². The van der Waals surface area contributed by atoms with Crippen molar-refractivity contribution in [3.8, 4) is 0 Å². The molecule has 1 aromatic heterocycles. The molecule has 0 unspecified atom stereocenters. The largest absolute Gasteiger partial charge is 0.340 e. The number of amides is 1. The molecule has 1 aromatic rings. The first-order valence-corrected chi connectivity index (χ1v) is 7.25. The summed E-state index contributed by atoms with van der Waals surface area (Å²) in [5.41, 5.74) is 1.29. The van der Waals surface area contributed by atoms with Crippen molar-refractivity contribution >= 4 is 17.2 Å². The molecule has 2 rings (SSSR count). The normalized spacial score (nSPS) is 17.4. The van der Waals surface area contributed by atoms with Gasteiger partial charge in [0.25, 0.3) is 0 Å². The predicted octanol–water partition coefficient (Wildman–Crippen LogP) is 1.84. The minimum absolute atomic E-state index is 0.312. The first-order valence-electron chi connectivity index (χ1n) is 6.31. The van der Waals surface area contributed by atoms with Crippen molar-refractivity contribution in [1.29, 1.82) is 0 Å². The quantitative estimate of drug-likeness (QED) is 0.816. The standard InChI is InChI=1S/C13H20N2OS/c1-2-14-6-8-15(9-7-14)13(16)4-3-12-5-10-17-11-12/h5,10-11H,2-4,6-9H2,1H3. The number of thiophene rings is 1. The number of hydrogen-bond acceptors (Lipinski definition) is 3. The zero-order valence-corrected chi connectivity index (χ0v) is 11.2. The third kappa shape index (κ3) is 3.54. The van der Waals surface area contributed by atoms with Crippen LogP contribution in [-0.4, -0.2) is 48.4 Å². The van der Waals surface area contributed by atoms with Gasteiger partial charge >= 0.3 is 0 Å². The van der Waals surface area contributed by atoms with Gasteiger partial charge in [-0.3, -0.25) is 4.79 Å². The number of carbonyl (C=O) groups is 1. The second kappa shape index (κ2) is 6.17. The highest BCUT2D eigenvalue weighted by molar-refractivity contribution is 7.07. The van der Waals surface area contributed by atoms with Gasteiger partial charge in [0.05, 0.1) is 0 Å². The molecule has 0 bridgehead atoms. The van der Waals surface area contributed by atoms with Crippen LogP contribution < -0.4 is 0 Å². The molecule has 1 fully saturated rings. The SMILES string of the molecule is CCN1CCN(C(=O)CCc2ccsc2)CC1. The van der Waals surface area contributed by atoms with Crippen LogP contribution in [0.25, 0.3) is 0 Å². The van der Waals surface area contributed by atoms with E-state index in [-0.39, 0.29) is 0 Å². The maximum atomic E-state index is 12.0. The van der Waals surface area contributed by atoms with Gasteiger partial charge in [-0.25, -0.2) is 0 Å². The molecule has 1 aliphatic rings. The van der Waals surface area contributed by atoms with Crippen molar-refractivity contribution in [3.05, 3.63) is 22.4 Å². The molecule has 3 nitrogen and oxygen atoms in total. The van der Waals surface area contributed by atoms with E-state index in [2.05, 4.69) is 28.7 Å². The summed E-state index contributed by atoms with van der Waals surface area (Å²) in [7, 11) is 0. The van der Waals surface area contributed by atoms with Crippen molar-refractivity contribution < 1.29 is 4.79 Å². The van der Waals surface area contributed by atoms with Crippen LogP contribution in [0, 0.1) is 0 Å². The molecule has 0 aliphatic carbocycles. The van der Waals surface area contributed by atoms with Crippen LogP contribution in [0.2, 0.25) is 0 Å². The number of hydrogen-bond donors (Lipinski definition) is 0. The number of likely N-dealkylation sites (N-methyl/N-ethyl adjacent to an activating group) is 1. The lowest BCUT2D eigenvalue weighted by atomic mass is 10.1. The fourth-order valence-electron chi connectivity index (χ4n) is 2.16. The molecular weight excluding hydrogens is 232 g/mol. The maximum absolute atomic E-state index is 12.0. The predicted molar refractivity (Wildman–Crippen MR) is 71.3 cm³/mol. The van der Waals surface area contributed by atoms with Gasteiger partial charge in [-0.15, -0.1) is 0 Å². The summed E-state index contributed by atoms with van der Waals surface area (Å²) in [6.45, 7) is 7.12. The summed E-state index contributed by atoms with van der Waals surface area (Å²) >= 11 is 1.70. The summed E-state index contributed by atoms with van der Waals surface area (Å²) < 4.78 is 0. The van der Waals surface area contributed by atoms with Crippen LogP contribution >= 0.6 is 11.3 Å². The topological polar surface area (TPSA) is 23.6 Å². The van der Waals surface area contributed by atoms with E-state index in [1.54, 1.807) is 11.3 Å². The average Bonchev–Trinajstić information content (AvgIpc) is 2.89. The summed E-state index contributed by atoms with van der Waals surface area (Å²) in [5, 5.41) is 4.20. The summed E-state index contributed by atoms with van der Waals surface area (Å²) in [6, 6.07) is 2.10. The number of piperazine rings is 1. The zero-order chi connectivity index (χ0) is 12.1. The highest BCUT2D eigenvalue weighted by Gasteiger charge is 2.19. The van der Waals surface area contributed by atoms with E-state index in [0.29, 0.717) is 12.3 Å². The van der Waals surface area contributed by atoms with E-state index in [0.717, 1.165) is 39.1 Å². The second-order valence-electron chi connectivity index (χ2n) is 4.45. The lowest BCUT2D eigenvalue weighted by Crippen LogP contribution is -2.48. The molecule has 4 heteroatoms. The Morgan fingerprint density at radius 3 is 2.71 bits per heavy atom. The Hall–Kier alpha value is -0.870. The van der Waals surface area contributed by atoms with Crippen LogP contribution in [0.5, 0.6) is 0 Å². The molecule has 1 aliphatic heterocycles. The molecule has 0 aromatic carbocycles. The molecular formula is C13H20N2OS. The highest BCUT2D eigenvalue weighted by Crippen LogP contribution is 2.10. The van der Waals surface area contributed by atoms with Gasteiger partial charge < -0.3 is 9.80 Å². The number of carbonyl (C=O) groups excluding carboxylic acids is 1. The van der Waals surface area contributed by atoms with Crippen molar-refractivity contribution in [2.45, 2.75) is 19.8 Å². The maximum Gasteiger partial charge on any atom is 0.222 e. The van der Waals surface area contributed by atoms with Crippen molar-refractivity contribution in [2.75, 3.05) is 32.7 Å². The number of rotatable bonds is 4. The first kappa shape index (κ1) is 12.6. The number of aryl methyl sites for hydroxylation is 1. The van der Waals surface area contributed by atoms with Gasteiger partial charge in [-0.05, 0) is 35.4 Å². The lowest BCUT2D eigenvalue weighted by Gasteiger charge is -2.34. The van der Waals surface area contributed by atoms with Gasteiger partial charge in [0, 0.05) is 32.6 Å². The molecule has 0 saturated carbocycles. The highest BCUT2D eigenvalue weighted by atomic mass is 32.1. The van der Waals surface area contributed by atoms with Crippen molar-refractivity contribution in [2.24, 2.45) is 0 Å². The van der Waals surface area contributed by atoms with Gasteiger partial charge in [0.15, 0.2) is 0 Å². The first-order chi connectivity index (χ1) is 8.29. The van der Waals surface area contributed by atoms with Crippen LogP contribution in [-0.2, 0) is 11.2 Å². The van der Waals surface area contributed by atoms with E-state index in [4.69, 9.17) is 0 Å². The van der Waals surface area contributed by atoms with Crippen LogP contribution in [0.15, 0.2) is 16.8 Å². The third-order valence-corrected chi connectivity index (χ3v) is 4.11. The van der Waals surface area contributed by atoms with Gasteiger partial charge in [-0.2, -0.15) is 11.3 Å². The Labute approximate surface area is 107 Å². The third-order valence-electron chi connectivity index (χ3n) is 3.38. The van der Waals surface area contributed by atoms with Gasteiger partial charge in [0.1, 0.15) is 0 Å². The van der Waals surface area contributed by atoms with Crippen LogP contribution in [0.3, 0.4) is 0 Å². The molecule has 17 heavy (non-hydrogen) atoms. The molecule has 0 spiro atoms. The Morgan fingerprint density at radius 1 is 1.35 bits per heavy atom. The van der Waals surface area contributed by atoms with Crippen molar-refractivity contribution in [1.82, 2.24) is 9.80 Å². The fraction of sp³-hybridized carbons (Fsp3) is 0.615. The molecule has 0 N–H and O–H groups in total. The Kier molecular flexibility index (Phi) is 4.57. The summed E-state index contributed by atoms with van der Waals surface area (Å²) in [4.78, 5) is 16.4. The van der Waals surface area contributed by atoms with Gasteiger partial charge in [-0.1, -0.05) is 6.92 Å². The molecule has 94 valence electrons. The zero-order valence-electron chi connectivity index (χ0n) is 10.4. The smallest absolute Gasteiger partial charge is 0.222 e. The number of nitrogens with zero attached hydrogens (tertiary/aromatic N) is 2. The van der Waals surface area contributed by atoms with E-state index in [1.807, 2.05) is 4.90 Å². The Balaban J connectivity index is 1.73. The van der Waals surface area contributed by atoms with E-state index < -0.39 is 0 Å². The monoisotopic (exact) mass is 252 g/mol. The minimum atomic E-state index is 0.312. The van der Waals surface area contributed by atoms with Crippen LogP contribution in [0.1, 0.15) is 18.9 Å². The summed E-state index contributed by atoms with van der Waals surface area (Å²) in [5.74, 6) is 0.312.